The Morgan fingerprint density at radius 3 is 2.65 bits per heavy atom. The van der Waals surface area contributed by atoms with Crippen molar-refractivity contribution in [2.24, 2.45) is 7.05 Å². The molecule has 1 fully saturated rings. The van der Waals surface area contributed by atoms with Crippen molar-refractivity contribution in [2.75, 3.05) is 25.5 Å². The molecule has 1 saturated heterocycles. The minimum absolute atomic E-state index is 0.0825. The smallest absolute Gasteiger partial charge is 0.257 e. The van der Waals surface area contributed by atoms with Gasteiger partial charge in [-0.15, -0.1) is 0 Å². The molecule has 1 N–H and O–H groups in total. The number of likely N-dealkylation sites (tertiary alicyclic amines) is 1. The normalized spacial score (nSPS) is 13.7. The second-order valence-electron chi connectivity index (χ2n) is 6.70. The molecule has 0 saturated carbocycles. The molecule has 2 heterocycles. The number of methoxy groups -OCH3 is 1. The van der Waals surface area contributed by atoms with E-state index in [0.717, 1.165) is 37.2 Å². The van der Waals surface area contributed by atoms with E-state index in [-0.39, 0.29) is 18.2 Å². The number of benzene rings is 1. The first-order valence-electron chi connectivity index (χ1n) is 8.87. The van der Waals surface area contributed by atoms with Crippen LogP contribution in [0.2, 0.25) is 0 Å². The van der Waals surface area contributed by atoms with Gasteiger partial charge in [-0.2, -0.15) is 0 Å². The summed E-state index contributed by atoms with van der Waals surface area (Å²) in [6, 6.07) is 7.23. The molecule has 1 aromatic carbocycles. The molecular formula is C20H25N3O3. The monoisotopic (exact) mass is 355 g/mol. The van der Waals surface area contributed by atoms with Crippen molar-refractivity contribution in [2.45, 2.75) is 26.2 Å². The molecule has 2 amide bonds. The van der Waals surface area contributed by atoms with E-state index >= 15 is 0 Å². The van der Waals surface area contributed by atoms with Gasteiger partial charge in [0.1, 0.15) is 5.75 Å². The van der Waals surface area contributed by atoms with E-state index in [9.17, 15) is 9.59 Å². The number of aromatic nitrogens is 1. The number of ether oxygens (including phenoxy) is 1. The Morgan fingerprint density at radius 2 is 1.96 bits per heavy atom. The van der Waals surface area contributed by atoms with Crippen LogP contribution in [0.5, 0.6) is 5.75 Å². The zero-order chi connectivity index (χ0) is 18.7. The number of aryl methyl sites for hydroxylation is 2. The molecule has 0 aliphatic carbocycles. The number of hydrogen-bond donors (Lipinski definition) is 1. The molecule has 0 unspecified atom stereocenters. The molecule has 1 aliphatic rings. The molecule has 1 aliphatic heterocycles. The number of anilines is 1. The number of rotatable bonds is 5. The Labute approximate surface area is 153 Å². The fourth-order valence-corrected chi connectivity index (χ4v) is 3.48. The zero-order valence-electron chi connectivity index (χ0n) is 15.5. The Morgan fingerprint density at radius 1 is 1.23 bits per heavy atom. The highest BCUT2D eigenvalue weighted by atomic mass is 16.5. The van der Waals surface area contributed by atoms with E-state index < -0.39 is 0 Å². The van der Waals surface area contributed by atoms with Gasteiger partial charge in [-0.1, -0.05) is 6.07 Å². The predicted molar refractivity (Wildman–Crippen MR) is 101 cm³/mol. The molecule has 6 nitrogen and oxygen atoms in total. The second-order valence-corrected chi connectivity index (χ2v) is 6.70. The molecule has 0 atom stereocenters. The van der Waals surface area contributed by atoms with Crippen molar-refractivity contribution in [3.8, 4) is 5.75 Å². The Bertz CT molecular complexity index is 820. The van der Waals surface area contributed by atoms with Gasteiger partial charge in [-0.05, 0) is 37.5 Å². The molecule has 26 heavy (non-hydrogen) atoms. The van der Waals surface area contributed by atoms with Crippen molar-refractivity contribution in [3.63, 3.8) is 0 Å². The van der Waals surface area contributed by atoms with Crippen LogP contribution in [0.1, 0.15) is 34.5 Å². The topological polar surface area (TPSA) is 63.6 Å². The van der Waals surface area contributed by atoms with E-state index in [0.29, 0.717) is 17.0 Å². The summed E-state index contributed by atoms with van der Waals surface area (Å²) in [4.78, 5) is 27.3. The SMILES string of the molecule is COc1cccc(NC(=O)c2c(C)cn(C)c2CC(=O)N2CCCC2)c1. The van der Waals surface area contributed by atoms with Crippen LogP contribution in [0.25, 0.3) is 0 Å². The second kappa shape index (κ2) is 7.64. The van der Waals surface area contributed by atoms with E-state index in [1.165, 1.54) is 0 Å². The van der Waals surface area contributed by atoms with Crippen LogP contribution in [0.15, 0.2) is 30.5 Å². The van der Waals surface area contributed by atoms with Gasteiger partial charge in [0.2, 0.25) is 5.91 Å². The van der Waals surface area contributed by atoms with Crippen molar-refractivity contribution >= 4 is 17.5 Å². The molecule has 3 rings (SSSR count). The van der Waals surface area contributed by atoms with Crippen molar-refractivity contribution in [3.05, 3.63) is 47.3 Å². The number of hydrogen-bond acceptors (Lipinski definition) is 3. The number of carbonyl (C=O) groups excluding carboxylic acids is 2. The molecule has 6 heteroatoms. The van der Waals surface area contributed by atoms with Gasteiger partial charge < -0.3 is 19.5 Å². The van der Waals surface area contributed by atoms with Gasteiger partial charge in [0.15, 0.2) is 0 Å². The third kappa shape index (κ3) is 3.74. The van der Waals surface area contributed by atoms with Crippen LogP contribution in [-0.2, 0) is 18.3 Å². The summed E-state index contributed by atoms with van der Waals surface area (Å²) in [5.74, 6) is 0.553. The lowest BCUT2D eigenvalue weighted by atomic mass is 10.1. The minimum atomic E-state index is -0.208. The lowest BCUT2D eigenvalue weighted by Gasteiger charge is -2.16. The molecule has 0 radical (unpaired) electrons. The number of nitrogens with one attached hydrogen (secondary N) is 1. The van der Waals surface area contributed by atoms with Crippen LogP contribution in [-0.4, -0.2) is 41.5 Å². The maximum absolute atomic E-state index is 12.9. The summed E-state index contributed by atoms with van der Waals surface area (Å²) in [6.07, 6.45) is 4.25. The van der Waals surface area contributed by atoms with Crippen LogP contribution >= 0.6 is 0 Å². The highest BCUT2D eigenvalue weighted by molar-refractivity contribution is 6.07. The first-order valence-corrected chi connectivity index (χ1v) is 8.87. The molecule has 2 aromatic rings. The van der Waals surface area contributed by atoms with Gasteiger partial charge in [-0.3, -0.25) is 9.59 Å². The summed E-state index contributed by atoms with van der Waals surface area (Å²) in [5.41, 5.74) is 2.84. The highest BCUT2D eigenvalue weighted by Gasteiger charge is 2.24. The van der Waals surface area contributed by atoms with Crippen LogP contribution in [0.3, 0.4) is 0 Å². The molecule has 1 aromatic heterocycles. The summed E-state index contributed by atoms with van der Waals surface area (Å²) in [5, 5.41) is 2.91. The fraction of sp³-hybridized carbons (Fsp3) is 0.400. The molecular weight excluding hydrogens is 330 g/mol. The van der Waals surface area contributed by atoms with E-state index in [4.69, 9.17) is 4.74 Å². The lowest BCUT2D eigenvalue weighted by molar-refractivity contribution is -0.129. The third-order valence-electron chi connectivity index (χ3n) is 4.83. The zero-order valence-corrected chi connectivity index (χ0v) is 15.5. The van der Waals surface area contributed by atoms with Crippen molar-refractivity contribution in [1.29, 1.82) is 0 Å². The summed E-state index contributed by atoms with van der Waals surface area (Å²) < 4.78 is 7.08. The van der Waals surface area contributed by atoms with Gasteiger partial charge in [0, 0.05) is 43.8 Å². The summed E-state index contributed by atoms with van der Waals surface area (Å²) in [7, 11) is 3.46. The lowest BCUT2D eigenvalue weighted by Crippen LogP contribution is -2.30. The van der Waals surface area contributed by atoms with E-state index in [1.807, 2.05) is 47.8 Å². The van der Waals surface area contributed by atoms with Crippen molar-refractivity contribution in [1.82, 2.24) is 9.47 Å². The minimum Gasteiger partial charge on any atom is -0.497 e. The predicted octanol–water partition coefficient (Wildman–Crippen LogP) is 2.76. The number of amides is 2. The fourth-order valence-electron chi connectivity index (χ4n) is 3.48. The molecule has 0 spiro atoms. The van der Waals surface area contributed by atoms with Gasteiger partial charge in [-0.25, -0.2) is 0 Å². The molecule has 0 bridgehead atoms. The quantitative estimate of drug-likeness (QED) is 0.897. The van der Waals surface area contributed by atoms with Crippen LogP contribution in [0, 0.1) is 6.92 Å². The van der Waals surface area contributed by atoms with Crippen LogP contribution < -0.4 is 10.1 Å². The first-order chi connectivity index (χ1) is 12.5. The largest absolute Gasteiger partial charge is 0.497 e. The number of nitrogens with zero attached hydrogens (tertiary/aromatic N) is 2. The Kier molecular flexibility index (Phi) is 5.30. The Balaban J connectivity index is 1.82. The van der Waals surface area contributed by atoms with Gasteiger partial charge in [0.25, 0.3) is 5.91 Å². The standard InChI is InChI=1S/C20H25N3O3/c1-14-13-22(2)17(12-18(24)23-9-4-5-10-23)19(14)20(25)21-15-7-6-8-16(11-15)26-3/h6-8,11,13H,4-5,9-10,12H2,1-3H3,(H,21,25). The summed E-state index contributed by atoms with van der Waals surface area (Å²) in [6.45, 7) is 3.52. The third-order valence-corrected chi connectivity index (χ3v) is 4.83. The first kappa shape index (κ1) is 18.0. The maximum atomic E-state index is 12.9. The highest BCUT2D eigenvalue weighted by Crippen LogP contribution is 2.22. The average molecular weight is 355 g/mol. The Hall–Kier alpha value is -2.76. The summed E-state index contributed by atoms with van der Waals surface area (Å²) >= 11 is 0. The van der Waals surface area contributed by atoms with Crippen molar-refractivity contribution < 1.29 is 14.3 Å². The molecule has 138 valence electrons. The van der Waals surface area contributed by atoms with Crippen LogP contribution in [0.4, 0.5) is 5.69 Å². The van der Waals surface area contributed by atoms with E-state index in [2.05, 4.69) is 5.32 Å². The van der Waals surface area contributed by atoms with Gasteiger partial charge >= 0.3 is 0 Å². The average Bonchev–Trinajstić information content (AvgIpc) is 3.24. The van der Waals surface area contributed by atoms with Gasteiger partial charge in [0.05, 0.1) is 19.1 Å². The number of carbonyl (C=O) groups is 2. The maximum Gasteiger partial charge on any atom is 0.257 e. The van der Waals surface area contributed by atoms with E-state index in [1.54, 1.807) is 13.2 Å².